The lowest BCUT2D eigenvalue weighted by Gasteiger charge is -2.08. The average Bonchev–Trinajstić information content (AvgIpc) is 2.03. The molecule has 66 valence electrons. The largest absolute Gasteiger partial charge is 0.755 e. The Morgan fingerprint density at radius 1 is 1.58 bits per heavy atom. The van der Waals surface area contributed by atoms with E-state index in [1.165, 1.54) is 0 Å². The molecule has 1 unspecified atom stereocenters. The van der Waals surface area contributed by atoms with Gasteiger partial charge in [-0.15, -0.1) is 0 Å². The normalized spacial score (nSPS) is 12.5. The SMILES string of the molecule is O=S([O-])Nc1cccc(CBr)c1. The maximum Gasteiger partial charge on any atom is 0.0455 e. The monoisotopic (exact) mass is 248 g/mol. The standard InChI is InChI=1S/C7H8BrNO2S/c8-5-6-2-1-3-7(4-6)9-12(10)11/h1-4,9H,5H2,(H,10,11)/p-1. The molecule has 1 N–H and O–H groups in total. The van der Waals surface area contributed by atoms with Gasteiger partial charge in [0.2, 0.25) is 0 Å². The molecule has 1 aromatic rings. The molecule has 0 saturated carbocycles. The van der Waals surface area contributed by atoms with Gasteiger partial charge in [0, 0.05) is 22.3 Å². The van der Waals surface area contributed by atoms with Crippen LogP contribution in [0.15, 0.2) is 24.3 Å². The smallest absolute Gasteiger partial charge is 0.0455 e. The van der Waals surface area contributed by atoms with Crippen molar-refractivity contribution in [2.75, 3.05) is 4.72 Å². The molecule has 0 amide bonds. The Bertz CT molecular complexity index is 292. The number of rotatable bonds is 3. The molecule has 0 bridgehead atoms. The van der Waals surface area contributed by atoms with Crippen LogP contribution in [-0.4, -0.2) is 8.76 Å². The summed E-state index contributed by atoms with van der Waals surface area (Å²) in [7, 11) is 0. The minimum absolute atomic E-state index is 0.584. The number of hydrogen-bond donors (Lipinski definition) is 1. The van der Waals surface area contributed by atoms with Crippen LogP contribution in [0.5, 0.6) is 0 Å². The molecule has 0 spiro atoms. The summed E-state index contributed by atoms with van der Waals surface area (Å²) in [5.74, 6) is 0. The summed E-state index contributed by atoms with van der Waals surface area (Å²) in [6, 6.07) is 7.17. The van der Waals surface area contributed by atoms with E-state index in [2.05, 4.69) is 20.7 Å². The molecule has 1 rings (SSSR count). The summed E-state index contributed by atoms with van der Waals surface area (Å²) >= 11 is 1.03. The Kier molecular flexibility index (Phi) is 3.71. The third-order valence-electron chi connectivity index (χ3n) is 1.28. The first-order chi connectivity index (χ1) is 5.72. The van der Waals surface area contributed by atoms with Gasteiger partial charge in [-0.05, 0) is 17.7 Å². The second-order valence-electron chi connectivity index (χ2n) is 2.17. The van der Waals surface area contributed by atoms with Gasteiger partial charge < -0.3 is 9.27 Å². The van der Waals surface area contributed by atoms with Gasteiger partial charge in [-0.1, -0.05) is 28.1 Å². The number of alkyl halides is 1. The van der Waals surface area contributed by atoms with E-state index in [0.29, 0.717) is 11.0 Å². The van der Waals surface area contributed by atoms with Crippen LogP contribution in [0.4, 0.5) is 5.69 Å². The van der Waals surface area contributed by atoms with Crippen molar-refractivity contribution < 1.29 is 8.76 Å². The summed E-state index contributed by atoms with van der Waals surface area (Å²) < 4.78 is 22.8. The van der Waals surface area contributed by atoms with Crippen molar-refractivity contribution >= 4 is 32.9 Å². The highest BCUT2D eigenvalue weighted by molar-refractivity contribution is 9.08. The van der Waals surface area contributed by atoms with Crippen molar-refractivity contribution in [3.8, 4) is 0 Å². The Labute approximate surface area is 81.7 Å². The molecule has 0 aliphatic heterocycles. The first-order valence-corrected chi connectivity index (χ1v) is 5.43. The Balaban J connectivity index is 2.79. The molecule has 5 heteroatoms. The summed E-state index contributed by atoms with van der Waals surface area (Å²) in [6.45, 7) is 0. The van der Waals surface area contributed by atoms with Crippen LogP contribution < -0.4 is 4.72 Å². The zero-order chi connectivity index (χ0) is 8.97. The van der Waals surface area contributed by atoms with Gasteiger partial charge >= 0.3 is 0 Å². The molecule has 3 nitrogen and oxygen atoms in total. The fourth-order valence-corrected chi connectivity index (χ4v) is 1.48. The minimum Gasteiger partial charge on any atom is -0.755 e. The highest BCUT2D eigenvalue weighted by atomic mass is 79.9. The van der Waals surface area contributed by atoms with E-state index in [9.17, 15) is 8.76 Å². The summed E-state index contributed by atoms with van der Waals surface area (Å²) in [4.78, 5) is 0. The lowest BCUT2D eigenvalue weighted by molar-refractivity contribution is 0.542. The second kappa shape index (κ2) is 4.59. The molecule has 1 atom stereocenters. The van der Waals surface area contributed by atoms with Crippen LogP contribution in [0.3, 0.4) is 0 Å². The van der Waals surface area contributed by atoms with E-state index in [1.54, 1.807) is 18.2 Å². The third-order valence-corrected chi connectivity index (χ3v) is 2.33. The second-order valence-corrected chi connectivity index (χ2v) is 3.41. The Morgan fingerprint density at radius 2 is 2.33 bits per heavy atom. The Morgan fingerprint density at radius 3 is 2.92 bits per heavy atom. The third kappa shape index (κ3) is 2.92. The number of anilines is 1. The topological polar surface area (TPSA) is 52.2 Å². The van der Waals surface area contributed by atoms with Gasteiger partial charge in [-0.25, -0.2) is 0 Å². The number of nitrogens with one attached hydrogen (secondary N) is 1. The molecule has 0 aliphatic rings. The maximum atomic E-state index is 10.2. The molecule has 1 aromatic carbocycles. The molecule has 12 heavy (non-hydrogen) atoms. The number of halogens is 1. The van der Waals surface area contributed by atoms with Gasteiger partial charge in [-0.3, -0.25) is 4.21 Å². The first-order valence-electron chi connectivity index (χ1n) is 3.23. The van der Waals surface area contributed by atoms with Crippen molar-refractivity contribution in [1.82, 2.24) is 0 Å². The van der Waals surface area contributed by atoms with E-state index in [0.717, 1.165) is 5.56 Å². The van der Waals surface area contributed by atoms with Crippen LogP contribution in [0.1, 0.15) is 5.56 Å². The predicted molar refractivity (Wildman–Crippen MR) is 51.6 cm³/mol. The van der Waals surface area contributed by atoms with Gasteiger partial charge in [0.15, 0.2) is 0 Å². The fraction of sp³-hybridized carbons (Fsp3) is 0.143. The highest BCUT2D eigenvalue weighted by Crippen LogP contribution is 2.12. The lowest BCUT2D eigenvalue weighted by atomic mass is 10.2. The quantitative estimate of drug-likeness (QED) is 0.655. The fourth-order valence-electron chi connectivity index (χ4n) is 0.814. The van der Waals surface area contributed by atoms with E-state index in [4.69, 9.17) is 0 Å². The summed E-state index contributed by atoms with van der Waals surface area (Å²) in [5, 5.41) is 0.716. The average molecular weight is 249 g/mol. The van der Waals surface area contributed by atoms with E-state index < -0.39 is 11.3 Å². The molecule has 0 radical (unpaired) electrons. The first kappa shape index (κ1) is 9.70. The van der Waals surface area contributed by atoms with Crippen molar-refractivity contribution in [2.24, 2.45) is 0 Å². The number of hydrogen-bond acceptors (Lipinski definition) is 2. The molecule has 0 saturated heterocycles. The van der Waals surface area contributed by atoms with Crippen LogP contribution >= 0.6 is 15.9 Å². The lowest BCUT2D eigenvalue weighted by Crippen LogP contribution is -2.02. The Hall–Kier alpha value is -0.390. The zero-order valence-corrected chi connectivity index (χ0v) is 8.52. The van der Waals surface area contributed by atoms with Crippen LogP contribution in [0, 0.1) is 0 Å². The summed E-state index contributed by atoms with van der Waals surface area (Å²) in [6.07, 6.45) is 0. The molecule has 0 aliphatic carbocycles. The van der Waals surface area contributed by atoms with E-state index >= 15 is 0 Å². The minimum atomic E-state index is -2.24. The molecule has 0 aromatic heterocycles. The number of benzene rings is 1. The van der Waals surface area contributed by atoms with Gasteiger partial charge in [-0.2, -0.15) is 0 Å². The van der Waals surface area contributed by atoms with E-state index in [-0.39, 0.29) is 0 Å². The van der Waals surface area contributed by atoms with Crippen LogP contribution in [-0.2, 0) is 16.6 Å². The van der Waals surface area contributed by atoms with Gasteiger partial charge in [0.1, 0.15) is 0 Å². The highest BCUT2D eigenvalue weighted by Gasteiger charge is 1.92. The molecule has 0 heterocycles. The predicted octanol–water partition coefficient (Wildman–Crippen LogP) is 1.79. The maximum absolute atomic E-state index is 10.2. The van der Waals surface area contributed by atoms with Crippen LogP contribution in [0.25, 0.3) is 0 Å². The van der Waals surface area contributed by atoms with Crippen molar-refractivity contribution in [2.45, 2.75) is 5.33 Å². The van der Waals surface area contributed by atoms with Gasteiger partial charge in [0.05, 0.1) is 0 Å². The summed E-state index contributed by atoms with van der Waals surface area (Å²) in [5.41, 5.74) is 1.62. The van der Waals surface area contributed by atoms with Crippen molar-refractivity contribution in [3.63, 3.8) is 0 Å². The van der Waals surface area contributed by atoms with Crippen molar-refractivity contribution in [1.29, 1.82) is 0 Å². The van der Waals surface area contributed by atoms with Crippen molar-refractivity contribution in [3.05, 3.63) is 29.8 Å². The molecular formula is C7H7BrNO2S-. The van der Waals surface area contributed by atoms with Gasteiger partial charge in [0.25, 0.3) is 0 Å². The zero-order valence-electron chi connectivity index (χ0n) is 6.12. The van der Waals surface area contributed by atoms with Crippen LogP contribution in [0.2, 0.25) is 0 Å². The molecular weight excluding hydrogens is 242 g/mol. The molecule has 0 fully saturated rings. The van der Waals surface area contributed by atoms with E-state index in [1.807, 2.05) is 6.07 Å².